The Balaban J connectivity index is 1.75. The molecular weight excluding hydrogens is 266 g/mol. The lowest BCUT2D eigenvalue weighted by molar-refractivity contribution is -0.127. The quantitative estimate of drug-likeness (QED) is 0.764. The van der Waals surface area contributed by atoms with Crippen molar-refractivity contribution in [2.24, 2.45) is 0 Å². The second kappa shape index (κ2) is 6.24. The normalized spacial score (nSPS) is 19.8. The molecule has 6 heteroatoms. The molecule has 1 aliphatic heterocycles. The number of aromatic amines is 1. The van der Waals surface area contributed by atoms with Crippen LogP contribution in [0.25, 0.3) is 11.0 Å². The van der Waals surface area contributed by atoms with Crippen molar-refractivity contribution in [2.45, 2.75) is 19.5 Å². The van der Waals surface area contributed by atoms with Gasteiger partial charge in [0.2, 0.25) is 5.91 Å². The molecule has 0 bridgehead atoms. The molecule has 21 heavy (non-hydrogen) atoms. The fourth-order valence-electron chi connectivity index (χ4n) is 2.76. The van der Waals surface area contributed by atoms with Gasteiger partial charge in [0.1, 0.15) is 11.9 Å². The van der Waals surface area contributed by atoms with E-state index in [2.05, 4.69) is 25.5 Å². The van der Waals surface area contributed by atoms with Crippen molar-refractivity contribution < 1.29 is 4.79 Å². The zero-order valence-corrected chi connectivity index (χ0v) is 12.2. The molecular formula is C15H21N5O. The lowest BCUT2D eigenvalue weighted by Crippen LogP contribution is -2.57. The first kappa shape index (κ1) is 14.0. The first-order valence-electron chi connectivity index (χ1n) is 7.44. The van der Waals surface area contributed by atoms with Crippen LogP contribution in [-0.2, 0) is 11.3 Å². The van der Waals surface area contributed by atoms with Crippen LogP contribution in [-0.4, -0.2) is 53.0 Å². The second-order valence-electron chi connectivity index (χ2n) is 5.29. The average Bonchev–Trinajstić information content (AvgIpc) is 2.90. The van der Waals surface area contributed by atoms with E-state index in [9.17, 15) is 4.79 Å². The van der Waals surface area contributed by atoms with Crippen LogP contribution in [0.3, 0.4) is 0 Å². The summed E-state index contributed by atoms with van der Waals surface area (Å²) in [5.74, 6) is 0.994. The number of carbonyl (C=O) groups excluding carboxylic acids is 1. The Hall–Kier alpha value is -1.92. The number of carbonyl (C=O) groups is 1. The molecule has 0 saturated carbocycles. The number of benzene rings is 1. The zero-order valence-electron chi connectivity index (χ0n) is 12.2. The van der Waals surface area contributed by atoms with Crippen LogP contribution in [0.1, 0.15) is 12.7 Å². The van der Waals surface area contributed by atoms with Crippen molar-refractivity contribution >= 4 is 16.9 Å². The topological polar surface area (TPSA) is 73.1 Å². The molecule has 3 rings (SSSR count). The van der Waals surface area contributed by atoms with Gasteiger partial charge in [-0.25, -0.2) is 4.98 Å². The van der Waals surface area contributed by atoms with E-state index in [0.29, 0.717) is 19.6 Å². The number of nitrogens with zero attached hydrogens (tertiary/aromatic N) is 2. The third-order valence-electron chi connectivity index (χ3n) is 3.80. The van der Waals surface area contributed by atoms with Crippen molar-refractivity contribution in [3.05, 3.63) is 30.1 Å². The van der Waals surface area contributed by atoms with E-state index in [1.807, 2.05) is 31.2 Å². The highest BCUT2D eigenvalue weighted by Gasteiger charge is 2.28. The molecule has 0 aliphatic carbocycles. The summed E-state index contributed by atoms with van der Waals surface area (Å²) in [7, 11) is 0. The number of para-hydroxylation sites is 2. The van der Waals surface area contributed by atoms with E-state index < -0.39 is 0 Å². The maximum Gasteiger partial charge on any atom is 0.238 e. The van der Waals surface area contributed by atoms with E-state index in [0.717, 1.165) is 29.9 Å². The lowest BCUT2D eigenvalue weighted by atomic mass is 10.1. The summed E-state index contributed by atoms with van der Waals surface area (Å²) in [4.78, 5) is 22.3. The molecule has 112 valence electrons. The minimum absolute atomic E-state index is 0.0841. The Morgan fingerprint density at radius 3 is 3.14 bits per heavy atom. The minimum Gasteiger partial charge on any atom is -0.355 e. The average molecular weight is 287 g/mol. The van der Waals surface area contributed by atoms with Gasteiger partial charge in [0, 0.05) is 26.2 Å². The van der Waals surface area contributed by atoms with Crippen LogP contribution >= 0.6 is 0 Å². The molecule has 1 fully saturated rings. The summed E-state index contributed by atoms with van der Waals surface area (Å²) < 4.78 is 0. The first-order valence-corrected chi connectivity index (χ1v) is 7.44. The van der Waals surface area contributed by atoms with Gasteiger partial charge in [-0.2, -0.15) is 0 Å². The molecule has 1 amide bonds. The molecule has 0 radical (unpaired) electrons. The first-order chi connectivity index (χ1) is 10.3. The van der Waals surface area contributed by atoms with Crippen molar-refractivity contribution in [1.29, 1.82) is 0 Å². The van der Waals surface area contributed by atoms with Crippen LogP contribution in [0.15, 0.2) is 24.3 Å². The molecule has 1 aliphatic rings. The minimum atomic E-state index is -0.132. The number of imidazole rings is 1. The summed E-state index contributed by atoms with van der Waals surface area (Å²) in [5, 5.41) is 6.19. The number of likely N-dealkylation sites (N-methyl/N-ethyl adjacent to an activating group) is 1. The number of amides is 1. The zero-order chi connectivity index (χ0) is 14.7. The molecule has 3 N–H and O–H groups in total. The molecule has 6 nitrogen and oxygen atoms in total. The number of nitrogens with one attached hydrogen (secondary N) is 3. The Labute approximate surface area is 123 Å². The number of H-pyrrole nitrogens is 1. The van der Waals surface area contributed by atoms with E-state index in [-0.39, 0.29) is 11.9 Å². The van der Waals surface area contributed by atoms with Crippen LogP contribution in [0, 0.1) is 0 Å². The third-order valence-corrected chi connectivity index (χ3v) is 3.80. The van der Waals surface area contributed by atoms with Gasteiger partial charge in [-0.15, -0.1) is 0 Å². The number of aromatic nitrogens is 2. The molecule has 1 unspecified atom stereocenters. The highest BCUT2D eigenvalue weighted by molar-refractivity contribution is 5.82. The smallest absolute Gasteiger partial charge is 0.238 e. The van der Waals surface area contributed by atoms with Crippen molar-refractivity contribution in [2.75, 3.05) is 26.2 Å². The molecule has 2 heterocycles. The van der Waals surface area contributed by atoms with E-state index >= 15 is 0 Å². The molecule has 1 aromatic heterocycles. The van der Waals surface area contributed by atoms with E-state index in [4.69, 9.17) is 0 Å². The monoisotopic (exact) mass is 287 g/mol. The fraction of sp³-hybridized carbons (Fsp3) is 0.467. The number of piperazine rings is 1. The predicted molar refractivity (Wildman–Crippen MR) is 81.8 cm³/mol. The van der Waals surface area contributed by atoms with Crippen LogP contribution in [0.2, 0.25) is 0 Å². The van der Waals surface area contributed by atoms with E-state index in [1.165, 1.54) is 0 Å². The summed E-state index contributed by atoms with van der Waals surface area (Å²) in [6.07, 6.45) is 0. The summed E-state index contributed by atoms with van der Waals surface area (Å²) in [6, 6.07) is 7.85. The largest absolute Gasteiger partial charge is 0.355 e. The predicted octanol–water partition coefficient (Wildman–Crippen LogP) is 0.473. The van der Waals surface area contributed by atoms with Crippen LogP contribution in [0.4, 0.5) is 0 Å². The Morgan fingerprint density at radius 2 is 2.33 bits per heavy atom. The molecule has 2 aromatic rings. The SMILES string of the molecule is CCNC(=O)C1CNCCN1Cc1nc2ccccc2[nH]1. The van der Waals surface area contributed by atoms with Gasteiger partial charge in [0.25, 0.3) is 0 Å². The maximum atomic E-state index is 12.1. The number of hydrogen-bond acceptors (Lipinski definition) is 4. The van der Waals surface area contributed by atoms with E-state index in [1.54, 1.807) is 0 Å². The van der Waals surface area contributed by atoms with Crippen LogP contribution < -0.4 is 10.6 Å². The lowest BCUT2D eigenvalue weighted by Gasteiger charge is -2.34. The summed E-state index contributed by atoms with van der Waals surface area (Å²) >= 11 is 0. The molecule has 0 spiro atoms. The number of fused-ring (bicyclic) bond motifs is 1. The highest BCUT2D eigenvalue weighted by atomic mass is 16.2. The van der Waals surface area contributed by atoms with Crippen LogP contribution in [0.5, 0.6) is 0 Å². The van der Waals surface area contributed by atoms with Gasteiger partial charge in [-0.3, -0.25) is 9.69 Å². The second-order valence-corrected chi connectivity index (χ2v) is 5.29. The Bertz CT molecular complexity index is 590. The Kier molecular flexibility index (Phi) is 4.17. The van der Waals surface area contributed by atoms with Crippen molar-refractivity contribution in [3.8, 4) is 0 Å². The van der Waals surface area contributed by atoms with Crippen molar-refractivity contribution in [3.63, 3.8) is 0 Å². The van der Waals surface area contributed by atoms with Gasteiger partial charge < -0.3 is 15.6 Å². The maximum absolute atomic E-state index is 12.1. The van der Waals surface area contributed by atoms with Gasteiger partial charge in [0.15, 0.2) is 0 Å². The number of rotatable bonds is 4. The Morgan fingerprint density at radius 1 is 1.48 bits per heavy atom. The fourth-order valence-corrected chi connectivity index (χ4v) is 2.76. The van der Waals surface area contributed by atoms with Gasteiger partial charge >= 0.3 is 0 Å². The molecule has 1 saturated heterocycles. The summed E-state index contributed by atoms with van der Waals surface area (Å²) in [5.41, 5.74) is 2.01. The third kappa shape index (κ3) is 3.06. The van der Waals surface area contributed by atoms with Gasteiger partial charge in [0.05, 0.1) is 17.6 Å². The summed E-state index contributed by atoms with van der Waals surface area (Å²) in [6.45, 7) is 5.70. The number of hydrogen-bond donors (Lipinski definition) is 3. The molecule has 1 atom stereocenters. The van der Waals surface area contributed by atoms with Gasteiger partial charge in [-0.1, -0.05) is 12.1 Å². The van der Waals surface area contributed by atoms with Gasteiger partial charge in [-0.05, 0) is 19.1 Å². The molecule has 1 aromatic carbocycles. The van der Waals surface area contributed by atoms with Crippen molar-refractivity contribution in [1.82, 2.24) is 25.5 Å². The highest BCUT2D eigenvalue weighted by Crippen LogP contribution is 2.14. The standard InChI is InChI=1S/C15H21N5O/c1-2-17-15(21)13-9-16-7-8-20(13)10-14-18-11-5-3-4-6-12(11)19-14/h3-6,13,16H,2,7-10H2,1H3,(H,17,21)(H,18,19).